The van der Waals surface area contributed by atoms with Gasteiger partial charge in [-0.15, -0.1) is 0 Å². The first-order valence-corrected chi connectivity index (χ1v) is 4.67. The number of rotatable bonds is 8. The Labute approximate surface area is 84.4 Å². The molecule has 0 spiro atoms. The second-order valence-electron chi connectivity index (χ2n) is 3.17. The molecule has 5 heteroatoms. The van der Waals surface area contributed by atoms with E-state index in [-0.39, 0.29) is 12.7 Å². The Kier molecular flexibility index (Phi) is 7.37. The molecular weight excluding hydrogens is 186 g/mol. The minimum Gasteiger partial charge on any atom is -0.480 e. The highest BCUT2D eigenvalue weighted by molar-refractivity contribution is 5.73. The van der Waals surface area contributed by atoms with E-state index in [0.29, 0.717) is 13.2 Å². The summed E-state index contributed by atoms with van der Waals surface area (Å²) >= 11 is 0. The van der Waals surface area contributed by atoms with Crippen molar-refractivity contribution in [1.82, 2.24) is 5.32 Å². The number of carbonyl (C=O) groups is 1. The van der Waals surface area contributed by atoms with Crippen LogP contribution >= 0.6 is 0 Å². The molecule has 0 aromatic heterocycles. The van der Waals surface area contributed by atoms with E-state index in [0.717, 1.165) is 0 Å². The molecule has 0 aliphatic heterocycles. The summed E-state index contributed by atoms with van der Waals surface area (Å²) in [5.41, 5.74) is 0. The van der Waals surface area contributed by atoms with Gasteiger partial charge in [0.25, 0.3) is 0 Å². The zero-order chi connectivity index (χ0) is 11.0. The molecule has 0 rings (SSSR count). The number of hydrogen-bond acceptors (Lipinski definition) is 4. The molecule has 0 amide bonds. The summed E-state index contributed by atoms with van der Waals surface area (Å²) in [5.74, 6) is -0.905. The maximum atomic E-state index is 10.5. The third-order valence-electron chi connectivity index (χ3n) is 1.61. The molecule has 2 N–H and O–H groups in total. The van der Waals surface area contributed by atoms with E-state index < -0.39 is 12.0 Å². The van der Waals surface area contributed by atoms with Gasteiger partial charge in [0.2, 0.25) is 0 Å². The van der Waals surface area contributed by atoms with Crippen LogP contribution in [0.3, 0.4) is 0 Å². The van der Waals surface area contributed by atoms with Crippen LogP contribution in [0.2, 0.25) is 0 Å². The van der Waals surface area contributed by atoms with Gasteiger partial charge in [-0.3, -0.25) is 4.79 Å². The van der Waals surface area contributed by atoms with Crippen molar-refractivity contribution in [2.75, 3.05) is 26.9 Å². The minimum absolute atomic E-state index is 0.160. The maximum absolute atomic E-state index is 10.5. The van der Waals surface area contributed by atoms with Crippen molar-refractivity contribution in [2.45, 2.75) is 26.0 Å². The number of nitrogens with one attached hydrogen (secondary N) is 1. The molecule has 14 heavy (non-hydrogen) atoms. The van der Waals surface area contributed by atoms with Crippen LogP contribution in [-0.4, -0.2) is 50.1 Å². The molecule has 0 aliphatic rings. The van der Waals surface area contributed by atoms with Crippen LogP contribution in [-0.2, 0) is 14.3 Å². The lowest BCUT2D eigenvalue weighted by Crippen LogP contribution is -2.38. The molecule has 0 saturated carbocycles. The Morgan fingerprint density at radius 3 is 2.50 bits per heavy atom. The van der Waals surface area contributed by atoms with Gasteiger partial charge in [-0.25, -0.2) is 0 Å². The first-order valence-electron chi connectivity index (χ1n) is 4.67. The van der Waals surface area contributed by atoms with E-state index in [9.17, 15) is 4.79 Å². The SMILES string of the molecule is CNC(COCCOC(C)C)C(=O)O. The molecule has 0 fully saturated rings. The molecule has 0 radical (unpaired) electrons. The smallest absolute Gasteiger partial charge is 0.323 e. The van der Waals surface area contributed by atoms with Crippen LogP contribution in [0.4, 0.5) is 0 Å². The topological polar surface area (TPSA) is 67.8 Å². The summed E-state index contributed by atoms with van der Waals surface area (Å²) in [4.78, 5) is 10.5. The van der Waals surface area contributed by atoms with Crippen LogP contribution in [0.1, 0.15) is 13.8 Å². The number of carboxylic acid groups (broad SMARTS) is 1. The highest BCUT2D eigenvalue weighted by Gasteiger charge is 2.14. The summed E-state index contributed by atoms with van der Waals surface area (Å²) in [6.07, 6.45) is 0.179. The normalized spacial score (nSPS) is 13.1. The summed E-state index contributed by atoms with van der Waals surface area (Å²) < 4.78 is 10.4. The van der Waals surface area contributed by atoms with Crippen LogP contribution < -0.4 is 5.32 Å². The Balaban J connectivity index is 3.38. The molecular formula is C9H19NO4. The number of hydrogen-bond donors (Lipinski definition) is 2. The fourth-order valence-electron chi connectivity index (χ4n) is 0.822. The lowest BCUT2D eigenvalue weighted by Gasteiger charge is -2.12. The van der Waals surface area contributed by atoms with E-state index in [4.69, 9.17) is 14.6 Å². The van der Waals surface area contributed by atoms with Gasteiger partial charge in [-0.2, -0.15) is 0 Å². The second kappa shape index (κ2) is 7.73. The van der Waals surface area contributed by atoms with E-state index in [1.165, 1.54) is 0 Å². The minimum atomic E-state index is -0.905. The largest absolute Gasteiger partial charge is 0.480 e. The predicted octanol–water partition coefficient (Wildman–Crippen LogP) is 0.101. The van der Waals surface area contributed by atoms with Gasteiger partial charge in [0.05, 0.1) is 25.9 Å². The van der Waals surface area contributed by atoms with Gasteiger partial charge in [-0.1, -0.05) is 0 Å². The van der Waals surface area contributed by atoms with Crippen molar-refractivity contribution >= 4 is 5.97 Å². The predicted molar refractivity (Wildman–Crippen MR) is 52.4 cm³/mol. The summed E-state index contributed by atoms with van der Waals surface area (Å²) in [7, 11) is 1.59. The van der Waals surface area contributed by atoms with Gasteiger partial charge in [0.1, 0.15) is 6.04 Å². The summed E-state index contributed by atoms with van der Waals surface area (Å²) in [6, 6.07) is -0.644. The molecule has 84 valence electrons. The van der Waals surface area contributed by atoms with Crippen molar-refractivity contribution in [1.29, 1.82) is 0 Å². The quantitative estimate of drug-likeness (QED) is 0.550. The first-order chi connectivity index (χ1) is 6.57. The van der Waals surface area contributed by atoms with Crippen molar-refractivity contribution in [3.05, 3.63) is 0 Å². The average Bonchev–Trinajstić information content (AvgIpc) is 2.10. The lowest BCUT2D eigenvalue weighted by atomic mass is 10.3. The Morgan fingerprint density at radius 1 is 1.43 bits per heavy atom. The number of carboxylic acids is 1. The molecule has 0 aromatic rings. The zero-order valence-electron chi connectivity index (χ0n) is 8.95. The van der Waals surface area contributed by atoms with Crippen molar-refractivity contribution in [2.24, 2.45) is 0 Å². The van der Waals surface area contributed by atoms with Gasteiger partial charge >= 0.3 is 5.97 Å². The van der Waals surface area contributed by atoms with Crippen LogP contribution in [0.5, 0.6) is 0 Å². The Morgan fingerprint density at radius 2 is 2.07 bits per heavy atom. The molecule has 0 aliphatic carbocycles. The highest BCUT2D eigenvalue weighted by atomic mass is 16.5. The number of ether oxygens (including phenoxy) is 2. The van der Waals surface area contributed by atoms with Crippen molar-refractivity contribution in [3.8, 4) is 0 Å². The van der Waals surface area contributed by atoms with E-state index >= 15 is 0 Å². The van der Waals surface area contributed by atoms with Gasteiger partial charge < -0.3 is 19.9 Å². The van der Waals surface area contributed by atoms with Gasteiger partial charge in [0, 0.05) is 0 Å². The van der Waals surface area contributed by atoms with E-state index in [1.807, 2.05) is 13.8 Å². The van der Waals surface area contributed by atoms with Crippen LogP contribution in [0, 0.1) is 0 Å². The van der Waals surface area contributed by atoms with Gasteiger partial charge in [0.15, 0.2) is 0 Å². The zero-order valence-corrected chi connectivity index (χ0v) is 8.95. The Hall–Kier alpha value is -0.650. The van der Waals surface area contributed by atoms with Crippen molar-refractivity contribution < 1.29 is 19.4 Å². The summed E-state index contributed by atoms with van der Waals surface area (Å²) in [5, 5.41) is 11.3. The molecule has 5 nitrogen and oxygen atoms in total. The van der Waals surface area contributed by atoms with E-state index in [1.54, 1.807) is 7.05 Å². The molecule has 0 bridgehead atoms. The second-order valence-corrected chi connectivity index (χ2v) is 3.17. The van der Waals surface area contributed by atoms with E-state index in [2.05, 4.69) is 5.32 Å². The molecule has 0 heterocycles. The lowest BCUT2D eigenvalue weighted by molar-refractivity contribution is -0.141. The fraction of sp³-hybridized carbons (Fsp3) is 0.889. The van der Waals surface area contributed by atoms with Crippen LogP contribution in [0.25, 0.3) is 0 Å². The maximum Gasteiger partial charge on any atom is 0.323 e. The third kappa shape index (κ3) is 6.82. The van der Waals surface area contributed by atoms with Crippen LogP contribution in [0.15, 0.2) is 0 Å². The fourth-order valence-corrected chi connectivity index (χ4v) is 0.822. The number of aliphatic carboxylic acids is 1. The molecule has 0 aromatic carbocycles. The Bertz CT molecular complexity index is 161. The highest BCUT2D eigenvalue weighted by Crippen LogP contribution is 1.89. The van der Waals surface area contributed by atoms with Crippen molar-refractivity contribution in [3.63, 3.8) is 0 Å². The third-order valence-corrected chi connectivity index (χ3v) is 1.61. The summed E-state index contributed by atoms with van der Waals surface area (Å²) in [6.45, 7) is 4.95. The monoisotopic (exact) mass is 205 g/mol. The average molecular weight is 205 g/mol. The standard InChI is InChI=1S/C9H19NO4/c1-7(2)14-5-4-13-6-8(10-3)9(11)12/h7-8,10H,4-6H2,1-3H3,(H,11,12). The number of likely N-dealkylation sites (N-methyl/N-ethyl adjacent to an activating group) is 1. The molecule has 0 saturated heterocycles. The molecule has 1 atom stereocenters. The molecule has 1 unspecified atom stereocenters. The first kappa shape index (κ1) is 13.4. The van der Waals surface area contributed by atoms with Gasteiger partial charge in [-0.05, 0) is 20.9 Å².